The fourth-order valence-electron chi connectivity index (χ4n) is 1.84. The molecule has 0 aromatic heterocycles. The van der Waals surface area contributed by atoms with E-state index in [1.165, 1.54) is 6.92 Å². The Morgan fingerprint density at radius 3 is 2.67 bits per heavy atom. The molecule has 4 heteroatoms. The van der Waals surface area contributed by atoms with Crippen LogP contribution in [0, 0.1) is 5.92 Å². The van der Waals surface area contributed by atoms with Crippen molar-refractivity contribution in [2.45, 2.75) is 39.2 Å². The molecule has 86 valence electrons. The zero-order chi connectivity index (χ0) is 11.3. The molecule has 0 aliphatic carbocycles. The van der Waals surface area contributed by atoms with E-state index in [1.54, 1.807) is 6.92 Å². The molecule has 0 saturated carbocycles. The second-order valence-electron chi connectivity index (χ2n) is 3.75. The lowest BCUT2D eigenvalue weighted by molar-refractivity contribution is -0.159. The first-order chi connectivity index (χ1) is 7.16. The molecule has 0 amide bonds. The summed E-state index contributed by atoms with van der Waals surface area (Å²) in [4.78, 5) is 22.9. The van der Waals surface area contributed by atoms with Crippen LogP contribution in [-0.2, 0) is 19.1 Å². The molecule has 0 spiro atoms. The number of esters is 1. The highest BCUT2D eigenvalue weighted by molar-refractivity contribution is 5.98. The van der Waals surface area contributed by atoms with E-state index in [9.17, 15) is 9.59 Å². The Morgan fingerprint density at radius 1 is 1.47 bits per heavy atom. The number of carbonyl (C=O) groups excluding carboxylic acids is 2. The van der Waals surface area contributed by atoms with Crippen molar-refractivity contribution in [2.75, 3.05) is 13.2 Å². The predicted molar refractivity (Wildman–Crippen MR) is 54.4 cm³/mol. The van der Waals surface area contributed by atoms with Crippen molar-refractivity contribution in [3.8, 4) is 0 Å². The highest BCUT2D eigenvalue weighted by Gasteiger charge is 2.35. The number of Topliss-reactive ketones (excluding diaryl/α,β-unsaturated/α-hetero) is 1. The fraction of sp³-hybridized carbons (Fsp3) is 0.818. The molecule has 0 N–H and O–H groups in total. The molecule has 1 fully saturated rings. The lowest BCUT2D eigenvalue weighted by Gasteiger charge is -2.27. The van der Waals surface area contributed by atoms with Gasteiger partial charge in [-0.1, -0.05) is 0 Å². The Labute approximate surface area is 89.9 Å². The van der Waals surface area contributed by atoms with Crippen molar-refractivity contribution in [2.24, 2.45) is 5.92 Å². The van der Waals surface area contributed by atoms with Gasteiger partial charge in [0.25, 0.3) is 0 Å². The molecule has 1 aliphatic heterocycles. The van der Waals surface area contributed by atoms with E-state index < -0.39 is 11.9 Å². The Balaban J connectivity index is 2.63. The smallest absolute Gasteiger partial charge is 0.319 e. The topological polar surface area (TPSA) is 52.6 Å². The van der Waals surface area contributed by atoms with Crippen molar-refractivity contribution < 1.29 is 19.1 Å². The van der Waals surface area contributed by atoms with Gasteiger partial charge in [-0.2, -0.15) is 0 Å². The van der Waals surface area contributed by atoms with E-state index in [2.05, 4.69) is 0 Å². The monoisotopic (exact) mass is 214 g/mol. The second-order valence-corrected chi connectivity index (χ2v) is 3.75. The van der Waals surface area contributed by atoms with Crippen LogP contribution in [0.2, 0.25) is 0 Å². The summed E-state index contributed by atoms with van der Waals surface area (Å²) in [5, 5.41) is 0. The molecule has 2 unspecified atom stereocenters. The fourth-order valence-corrected chi connectivity index (χ4v) is 1.84. The van der Waals surface area contributed by atoms with Gasteiger partial charge in [0, 0.05) is 6.61 Å². The molecule has 4 nitrogen and oxygen atoms in total. The van der Waals surface area contributed by atoms with Gasteiger partial charge in [0.1, 0.15) is 11.7 Å². The molecule has 0 aromatic carbocycles. The molecular weight excluding hydrogens is 196 g/mol. The molecule has 2 atom stereocenters. The quantitative estimate of drug-likeness (QED) is 0.523. The summed E-state index contributed by atoms with van der Waals surface area (Å²) in [7, 11) is 0. The largest absolute Gasteiger partial charge is 0.465 e. The maximum Gasteiger partial charge on any atom is 0.319 e. The molecule has 1 saturated heterocycles. The van der Waals surface area contributed by atoms with Crippen LogP contribution in [0.4, 0.5) is 0 Å². The van der Waals surface area contributed by atoms with Crippen molar-refractivity contribution in [1.29, 1.82) is 0 Å². The zero-order valence-electron chi connectivity index (χ0n) is 9.32. The summed E-state index contributed by atoms with van der Waals surface area (Å²) in [5.74, 6) is -1.34. The molecule has 0 aromatic rings. The minimum atomic E-state index is -0.731. The highest BCUT2D eigenvalue weighted by atomic mass is 16.5. The number of rotatable bonds is 4. The molecule has 1 rings (SSSR count). The van der Waals surface area contributed by atoms with Gasteiger partial charge < -0.3 is 9.47 Å². The van der Waals surface area contributed by atoms with Crippen LogP contribution in [-0.4, -0.2) is 31.1 Å². The lowest BCUT2D eigenvalue weighted by Crippen LogP contribution is -2.38. The normalized spacial score (nSPS) is 23.2. The van der Waals surface area contributed by atoms with E-state index in [-0.39, 0.29) is 11.9 Å². The maximum absolute atomic E-state index is 11.6. The van der Waals surface area contributed by atoms with Gasteiger partial charge in [0.15, 0.2) is 0 Å². The molecule has 0 bridgehead atoms. The molecule has 1 heterocycles. The Morgan fingerprint density at radius 2 is 2.20 bits per heavy atom. The van der Waals surface area contributed by atoms with E-state index in [1.807, 2.05) is 0 Å². The van der Waals surface area contributed by atoms with Gasteiger partial charge in [0.05, 0.1) is 12.7 Å². The Bertz CT molecular complexity index is 231. The standard InChI is InChI=1S/C11H18O4/c1-3-14-11(13)10(8(2)12)9-6-4-5-7-15-9/h9-10H,3-7H2,1-2H3. The van der Waals surface area contributed by atoms with Crippen LogP contribution in [0.25, 0.3) is 0 Å². The molecule has 1 aliphatic rings. The van der Waals surface area contributed by atoms with E-state index in [4.69, 9.17) is 9.47 Å². The Hall–Kier alpha value is -0.900. The number of ketones is 1. The van der Waals surface area contributed by atoms with E-state index in [0.717, 1.165) is 19.3 Å². The van der Waals surface area contributed by atoms with Crippen LogP contribution in [0.1, 0.15) is 33.1 Å². The van der Waals surface area contributed by atoms with Crippen molar-refractivity contribution in [3.05, 3.63) is 0 Å². The third kappa shape index (κ3) is 3.30. The summed E-state index contributed by atoms with van der Waals surface area (Å²) >= 11 is 0. The maximum atomic E-state index is 11.6. The van der Waals surface area contributed by atoms with Crippen LogP contribution in [0.15, 0.2) is 0 Å². The minimum Gasteiger partial charge on any atom is -0.465 e. The third-order valence-corrected chi connectivity index (χ3v) is 2.57. The molecular formula is C11H18O4. The summed E-state index contributed by atoms with van der Waals surface area (Å²) < 4.78 is 10.3. The van der Waals surface area contributed by atoms with Crippen molar-refractivity contribution >= 4 is 11.8 Å². The molecule has 15 heavy (non-hydrogen) atoms. The second kappa shape index (κ2) is 5.85. The van der Waals surface area contributed by atoms with Crippen LogP contribution >= 0.6 is 0 Å². The first kappa shape index (κ1) is 12.2. The van der Waals surface area contributed by atoms with Crippen LogP contribution in [0.3, 0.4) is 0 Å². The number of carbonyl (C=O) groups is 2. The predicted octanol–water partition coefficient (Wildman–Crippen LogP) is 1.32. The van der Waals surface area contributed by atoms with Crippen molar-refractivity contribution in [3.63, 3.8) is 0 Å². The van der Waals surface area contributed by atoms with Crippen LogP contribution < -0.4 is 0 Å². The summed E-state index contributed by atoms with van der Waals surface area (Å²) in [6.07, 6.45) is 2.50. The summed E-state index contributed by atoms with van der Waals surface area (Å²) in [6, 6.07) is 0. The third-order valence-electron chi connectivity index (χ3n) is 2.57. The molecule has 0 radical (unpaired) electrons. The van der Waals surface area contributed by atoms with Gasteiger partial charge in [0.2, 0.25) is 0 Å². The zero-order valence-corrected chi connectivity index (χ0v) is 9.32. The van der Waals surface area contributed by atoms with Gasteiger partial charge in [-0.15, -0.1) is 0 Å². The summed E-state index contributed by atoms with van der Waals surface area (Å²) in [6.45, 7) is 4.08. The van der Waals surface area contributed by atoms with Gasteiger partial charge in [-0.25, -0.2) is 0 Å². The van der Waals surface area contributed by atoms with E-state index >= 15 is 0 Å². The lowest BCUT2D eigenvalue weighted by atomic mass is 9.92. The van der Waals surface area contributed by atoms with Gasteiger partial charge >= 0.3 is 5.97 Å². The number of ether oxygens (including phenoxy) is 2. The van der Waals surface area contributed by atoms with Crippen LogP contribution in [0.5, 0.6) is 0 Å². The van der Waals surface area contributed by atoms with Gasteiger partial charge in [-0.3, -0.25) is 9.59 Å². The average molecular weight is 214 g/mol. The Kier molecular flexibility index (Phi) is 4.75. The number of hydrogen-bond donors (Lipinski definition) is 0. The van der Waals surface area contributed by atoms with Crippen molar-refractivity contribution in [1.82, 2.24) is 0 Å². The first-order valence-electron chi connectivity index (χ1n) is 5.45. The number of hydrogen-bond acceptors (Lipinski definition) is 4. The SMILES string of the molecule is CCOC(=O)C(C(C)=O)C1CCCCO1. The highest BCUT2D eigenvalue weighted by Crippen LogP contribution is 2.22. The van der Waals surface area contributed by atoms with Gasteiger partial charge in [-0.05, 0) is 33.1 Å². The average Bonchev–Trinajstić information content (AvgIpc) is 2.19. The minimum absolute atomic E-state index is 0.166. The first-order valence-corrected chi connectivity index (χ1v) is 5.45. The van der Waals surface area contributed by atoms with E-state index in [0.29, 0.717) is 13.2 Å². The summed E-state index contributed by atoms with van der Waals surface area (Å²) in [5.41, 5.74) is 0.